The predicted octanol–water partition coefficient (Wildman–Crippen LogP) is 3.64. The van der Waals surface area contributed by atoms with Crippen LogP contribution in [0.5, 0.6) is 0 Å². The highest BCUT2D eigenvalue weighted by Gasteiger charge is 2.12. The molecule has 0 atom stereocenters. The molecule has 0 radical (unpaired) electrons. The summed E-state index contributed by atoms with van der Waals surface area (Å²) in [5.74, 6) is 0. The fraction of sp³-hybridized carbons (Fsp3) is 0.438. The van der Waals surface area contributed by atoms with E-state index in [0.29, 0.717) is 0 Å². The zero-order chi connectivity index (χ0) is 14.0. The molecule has 1 heterocycles. The molecule has 2 rings (SSSR count). The molecule has 1 aromatic heterocycles. The van der Waals surface area contributed by atoms with E-state index in [2.05, 4.69) is 55.5 Å². The van der Waals surface area contributed by atoms with Crippen LogP contribution in [0.1, 0.15) is 37.6 Å². The average Bonchev–Trinajstić information content (AvgIpc) is 2.65. The number of hydrogen-bond acceptors (Lipinski definition) is 2. The third-order valence-electron chi connectivity index (χ3n) is 3.32. The fourth-order valence-electron chi connectivity index (χ4n) is 2.09. The molecule has 1 N–H and O–H groups in total. The minimum Gasteiger partial charge on any atom is -0.378 e. The number of anilines is 1. The Labute approximate surface area is 115 Å². The molecule has 3 heteroatoms. The zero-order valence-electron chi connectivity index (χ0n) is 12.5. The standard InChI is InChI=1S/C16H23N3/c1-12-15(11-19(5)18-12)17-10-13-6-8-14(9-7-13)16(2,3)4/h6-9,11,17H,10H2,1-5H3. The average molecular weight is 257 g/mol. The number of benzene rings is 1. The maximum atomic E-state index is 4.32. The van der Waals surface area contributed by atoms with Crippen molar-refractivity contribution in [1.29, 1.82) is 0 Å². The highest BCUT2D eigenvalue weighted by atomic mass is 15.3. The molecule has 102 valence electrons. The molecule has 0 aliphatic carbocycles. The summed E-state index contributed by atoms with van der Waals surface area (Å²) in [6.45, 7) is 9.56. The van der Waals surface area contributed by atoms with Crippen LogP contribution in [0, 0.1) is 6.92 Å². The summed E-state index contributed by atoms with van der Waals surface area (Å²) >= 11 is 0. The Hall–Kier alpha value is -1.77. The Morgan fingerprint density at radius 3 is 2.26 bits per heavy atom. The lowest BCUT2D eigenvalue weighted by molar-refractivity contribution is 0.590. The molecule has 0 aliphatic heterocycles. The Morgan fingerprint density at radius 2 is 1.79 bits per heavy atom. The quantitative estimate of drug-likeness (QED) is 0.909. The van der Waals surface area contributed by atoms with Crippen molar-refractivity contribution in [3.8, 4) is 0 Å². The van der Waals surface area contributed by atoms with Gasteiger partial charge in [-0.15, -0.1) is 0 Å². The number of hydrogen-bond donors (Lipinski definition) is 1. The van der Waals surface area contributed by atoms with Crippen molar-refractivity contribution in [2.24, 2.45) is 7.05 Å². The molecule has 0 unspecified atom stereocenters. The van der Waals surface area contributed by atoms with Crippen molar-refractivity contribution in [2.75, 3.05) is 5.32 Å². The van der Waals surface area contributed by atoms with Gasteiger partial charge in [-0.2, -0.15) is 5.10 Å². The van der Waals surface area contributed by atoms with Crippen LogP contribution in [0.25, 0.3) is 0 Å². The van der Waals surface area contributed by atoms with E-state index in [9.17, 15) is 0 Å². The van der Waals surface area contributed by atoms with Gasteiger partial charge in [0.25, 0.3) is 0 Å². The summed E-state index contributed by atoms with van der Waals surface area (Å²) in [7, 11) is 1.94. The van der Waals surface area contributed by atoms with Crippen molar-refractivity contribution in [2.45, 2.75) is 39.7 Å². The summed E-state index contributed by atoms with van der Waals surface area (Å²) in [6.07, 6.45) is 2.01. The first-order valence-electron chi connectivity index (χ1n) is 6.70. The number of nitrogens with zero attached hydrogens (tertiary/aromatic N) is 2. The first-order valence-corrected chi connectivity index (χ1v) is 6.70. The maximum absolute atomic E-state index is 4.32. The van der Waals surface area contributed by atoms with E-state index in [1.807, 2.05) is 24.9 Å². The van der Waals surface area contributed by atoms with Crippen molar-refractivity contribution in [3.05, 3.63) is 47.3 Å². The van der Waals surface area contributed by atoms with Gasteiger partial charge in [-0.25, -0.2) is 0 Å². The molecule has 0 saturated heterocycles. The van der Waals surface area contributed by atoms with Gasteiger partial charge in [0.15, 0.2) is 0 Å². The highest BCUT2D eigenvalue weighted by molar-refractivity contribution is 5.46. The summed E-state index contributed by atoms with van der Waals surface area (Å²) in [4.78, 5) is 0. The summed E-state index contributed by atoms with van der Waals surface area (Å²) in [5.41, 5.74) is 5.01. The van der Waals surface area contributed by atoms with Crippen molar-refractivity contribution in [1.82, 2.24) is 9.78 Å². The Balaban J connectivity index is 2.02. The normalized spacial score (nSPS) is 11.6. The van der Waals surface area contributed by atoms with E-state index in [4.69, 9.17) is 0 Å². The molecule has 0 aliphatic rings. The van der Waals surface area contributed by atoms with Gasteiger partial charge in [-0.1, -0.05) is 45.0 Å². The van der Waals surface area contributed by atoms with Crippen LogP contribution in [0.15, 0.2) is 30.5 Å². The minimum atomic E-state index is 0.214. The lowest BCUT2D eigenvalue weighted by Gasteiger charge is -2.19. The Bertz CT molecular complexity index is 544. The fourth-order valence-corrected chi connectivity index (χ4v) is 2.09. The minimum absolute atomic E-state index is 0.214. The van der Waals surface area contributed by atoms with Crippen LogP contribution in [0.2, 0.25) is 0 Å². The van der Waals surface area contributed by atoms with Gasteiger partial charge in [-0.05, 0) is 23.5 Å². The topological polar surface area (TPSA) is 29.9 Å². The number of rotatable bonds is 3. The van der Waals surface area contributed by atoms with Gasteiger partial charge in [0, 0.05) is 19.8 Å². The van der Waals surface area contributed by atoms with Crippen molar-refractivity contribution >= 4 is 5.69 Å². The molecule has 0 bridgehead atoms. The predicted molar refractivity (Wildman–Crippen MR) is 80.4 cm³/mol. The van der Waals surface area contributed by atoms with E-state index in [-0.39, 0.29) is 5.41 Å². The third kappa shape index (κ3) is 3.37. The first-order chi connectivity index (χ1) is 8.86. The summed E-state index contributed by atoms with van der Waals surface area (Å²) in [6, 6.07) is 8.82. The molecule has 0 amide bonds. The number of aryl methyl sites for hydroxylation is 2. The van der Waals surface area contributed by atoms with Gasteiger partial charge in [0.1, 0.15) is 0 Å². The van der Waals surface area contributed by atoms with Gasteiger partial charge < -0.3 is 5.32 Å². The van der Waals surface area contributed by atoms with E-state index in [1.165, 1.54) is 11.1 Å². The Kier molecular flexibility index (Phi) is 3.65. The number of aromatic nitrogens is 2. The van der Waals surface area contributed by atoms with E-state index in [0.717, 1.165) is 17.9 Å². The highest BCUT2D eigenvalue weighted by Crippen LogP contribution is 2.22. The largest absolute Gasteiger partial charge is 0.378 e. The van der Waals surface area contributed by atoms with Crippen LogP contribution in [-0.2, 0) is 19.0 Å². The van der Waals surface area contributed by atoms with Gasteiger partial charge in [0.2, 0.25) is 0 Å². The SMILES string of the molecule is Cc1nn(C)cc1NCc1ccc(C(C)(C)C)cc1. The van der Waals surface area contributed by atoms with Gasteiger partial charge in [-0.3, -0.25) is 4.68 Å². The molecule has 2 aromatic rings. The molecule has 1 aromatic carbocycles. The monoisotopic (exact) mass is 257 g/mol. The van der Waals surface area contributed by atoms with E-state index >= 15 is 0 Å². The smallest absolute Gasteiger partial charge is 0.0825 e. The van der Waals surface area contributed by atoms with Gasteiger partial charge >= 0.3 is 0 Å². The molecule has 19 heavy (non-hydrogen) atoms. The molecule has 3 nitrogen and oxygen atoms in total. The van der Waals surface area contributed by atoms with E-state index in [1.54, 1.807) is 0 Å². The van der Waals surface area contributed by atoms with Crippen LogP contribution in [0.3, 0.4) is 0 Å². The van der Waals surface area contributed by atoms with Gasteiger partial charge in [0.05, 0.1) is 11.4 Å². The van der Waals surface area contributed by atoms with Crippen LogP contribution < -0.4 is 5.32 Å². The second-order valence-corrected chi connectivity index (χ2v) is 6.10. The van der Waals surface area contributed by atoms with E-state index < -0.39 is 0 Å². The molecular weight excluding hydrogens is 234 g/mol. The summed E-state index contributed by atoms with van der Waals surface area (Å²) < 4.78 is 1.83. The Morgan fingerprint density at radius 1 is 1.16 bits per heavy atom. The maximum Gasteiger partial charge on any atom is 0.0825 e. The van der Waals surface area contributed by atoms with Crippen LogP contribution in [0.4, 0.5) is 5.69 Å². The second kappa shape index (κ2) is 5.08. The van der Waals surface area contributed by atoms with Crippen LogP contribution >= 0.6 is 0 Å². The molecule has 0 saturated carbocycles. The van der Waals surface area contributed by atoms with Crippen LogP contribution in [-0.4, -0.2) is 9.78 Å². The van der Waals surface area contributed by atoms with Crippen molar-refractivity contribution < 1.29 is 0 Å². The molecule has 0 fully saturated rings. The zero-order valence-corrected chi connectivity index (χ0v) is 12.5. The molecule has 0 spiro atoms. The molecular formula is C16H23N3. The lowest BCUT2D eigenvalue weighted by atomic mass is 9.87. The second-order valence-electron chi connectivity index (χ2n) is 6.10. The number of nitrogens with one attached hydrogen (secondary N) is 1. The lowest BCUT2D eigenvalue weighted by Crippen LogP contribution is -2.11. The first kappa shape index (κ1) is 13.7. The summed E-state index contributed by atoms with van der Waals surface area (Å²) in [5, 5.41) is 7.75. The third-order valence-corrected chi connectivity index (χ3v) is 3.32. The van der Waals surface area contributed by atoms with Crippen molar-refractivity contribution in [3.63, 3.8) is 0 Å².